The molecule has 0 saturated carbocycles. The van der Waals surface area contributed by atoms with E-state index in [1.807, 2.05) is 43.3 Å². The highest BCUT2D eigenvalue weighted by molar-refractivity contribution is 9.09. The van der Waals surface area contributed by atoms with Gasteiger partial charge in [0.25, 0.3) is 0 Å². The summed E-state index contributed by atoms with van der Waals surface area (Å²) >= 11 is 3.42. The minimum atomic E-state index is -0.335. The van der Waals surface area contributed by atoms with Crippen molar-refractivity contribution in [2.45, 2.75) is 11.8 Å². The van der Waals surface area contributed by atoms with Gasteiger partial charge in [-0.25, -0.2) is 0 Å². The zero-order chi connectivity index (χ0) is 12.3. The standard InChI is InChI=1S/C14H12BrNO/c1-10-4-2-5-11(8-10)14(17)13(15)12-6-3-7-16-9-12/h2-9,13H,1H3. The molecule has 0 aliphatic rings. The lowest BCUT2D eigenvalue weighted by molar-refractivity contribution is 0.0991. The molecule has 0 amide bonds. The van der Waals surface area contributed by atoms with E-state index in [-0.39, 0.29) is 10.6 Å². The molecule has 0 saturated heterocycles. The molecule has 1 heterocycles. The van der Waals surface area contributed by atoms with Crippen LogP contribution in [0.2, 0.25) is 0 Å². The maximum Gasteiger partial charge on any atom is 0.180 e. The summed E-state index contributed by atoms with van der Waals surface area (Å²) in [6.45, 7) is 1.98. The molecule has 0 radical (unpaired) electrons. The molecule has 0 spiro atoms. The largest absolute Gasteiger partial charge is 0.293 e. The Labute approximate surface area is 109 Å². The molecule has 2 rings (SSSR count). The van der Waals surface area contributed by atoms with Crippen LogP contribution in [0.25, 0.3) is 0 Å². The van der Waals surface area contributed by atoms with Crippen molar-refractivity contribution < 1.29 is 4.79 Å². The van der Waals surface area contributed by atoms with Crippen LogP contribution < -0.4 is 0 Å². The molecule has 1 aromatic carbocycles. The fourth-order valence-corrected chi connectivity index (χ4v) is 2.16. The van der Waals surface area contributed by atoms with Crippen molar-refractivity contribution in [1.29, 1.82) is 0 Å². The number of nitrogens with zero attached hydrogens (tertiary/aromatic N) is 1. The highest BCUT2D eigenvalue weighted by Crippen LogP contribution is 2.26. The number of carbonyl (C=O) groups excluding carboxylic acids is 1. The Bertz CT molecular complexity index is 525. The number of carbonyl (C=O) groups is 1. The zero-order valence-corrected chi connectivity index (χ0v) is 11.0. The van der Waals surface area contributed by atoms with Crippen LogP contribution in [-0.2, 0) is 0 Å². The number of pyridine rings is 1. The maximum atomic E-state index is 12.2. The van der Waals surface area contributed by atoms with Crippen LogP contribution in [-0.4, -0.2) is 10.8 Å². The van der Waals surface area contributed by atoms with Crippen LogP contribution in [0.5, 0.6) is 0 Å². The summed E-state index contributed by atoms with van der Waals surface area (Å²) in [6, 6.07) is 11.3. The third-order valence-corrected chi connectivity index (χ3v) is 3.45. The fourth-order valence-electron chi connectivity index (χ4n) is 1.62. The van der Waals surface area contributed by atoms with E-state index >= 15 is 0 Å². The van der Waals surface area contributed by atoms with Gasteiger partial charge in [0.05, 0.1) is 0 Å². The Morgan fingerprint density at radius 3 is 2.76 bits per heavy atom. The Hall–Kier alpha value is -1.48. The van der Waals surface area contributed by atoms with Crippen LogP contribution in [0.1, 0.15) is 26.3 Å². The van der Waals surface area contributed by atoms with Gasteiger partial charge in [0.2, 0.25) is 0 Å². The monoisotopic (exact) mass is 289 g/mol. The first-order chi connectivity index (χ1) is 8.18. The molecule has 1 unspecified atom stereocenters. The molecule has 3 heteroatoms. The predicted octanol–water partition coefficient (Wildman–Crippen LogP) is 3.71. The van der Waals surface area contributed by atoms with Crippen molar-refractivity contribution in [3.8, 4) is 0 Å². The van der Waals surface area contributed by atoms with Crippen molar-refractivity contribution in [2.24, 2.45) is 0 Å². The van der Waals surface area contributed by atoms with Crippen molar-refractivity contribution in [3.63, 3.8) is 0 Å². The predicted molar refractivity (Wildman–Crippen MR) is 71.4 cm³/mol. The van der Waals surface area contributed by atoms with E-state index in [2.05, 4.69) is 20.9 Å². The average Bonchev–Trinajstić information content (AvgIpc) is 2.38. The van der Waals surface area contributed by atoms with E-state index in [1.54, 1.807) is 12.4 Å². The molecule has 1 atom stereocenters. The van der Waals surface area contributed by atoms with Crippen LogP contribution in [0, 0.1) is 6.92 Å². The highest BCUT2D eigenvalue weighted by atomic mass is 79.9. The van der Waals surface area contributed by atoms with Crippen molar-refractivity contribution in [2.75, 3.05) is 0 Å². The molecule has 1 aromatic heterocycles. The summed E-state index contributed by atoms with van der Waals surface area (Å²) in [6.07, 6.45) is 3.40. The Kier molecular flexibility index (Phi) is 3.69. The maximum absolute atomic E-state index is 12.2. The van der Waals surface area contributed by atoms with Gasteiger partial charge < -0.3 is 0 Å². The lowest BCUT2D eigenvalue weighted by Gasteiger charge is -2.09. The number of aryl methyl sites for hydroxylation is 1. The summed E-state index contributed by atoms with van der Waals surface area (Å²) in [5.41, 5.74) is 2.68. The number of hydrogen-bond acceptors (Lipinski definition) is 2. The second-order valence-corrected chi connectivity index (χ2v) is 4.80. The number of Topliss-reactive ketones (excluding diaryl/α,β-unsaturated/α-hetero) is 1. The van der Waals surface area contributed by atoms with E-state index in [4.69, 9.17) is 0 Å². The summed E-state index contributed by atoms with van der Waals surface area (Å²) < 4.78 is 0. The lowest BCUT2D eigenvalue weighted by atomic mass is 10.0. The molecule has 2 nitrogen and oxygen atoms in total. The molecule has 86 valence electrons. The van der Waals surface area contributed by atoms with Gasteiger partial charge in [0, 0.05) is 18.0 Å². The van der Waals surface area contributed by atoms with Crippen LogP contribution in [0.4, 0.5) is 0 Å². The average molecular weight is 290 g/mol. The minimum Gasteiger partial charge on any atom is -0.293 e. The third kappa shape index (κ3) is 2.80. The third-order valence-electron chi connectivity index (χ3n) is 2.51. The minimum absolute atomic E-state index is 0.0571. The molecule has 0 bridgehead atoms. The van der Waals surface area contributed by atoms with E-state index in [0.717, 1.165) is 16.7 Å². The van der Waals surface area contributed by atoms with Gasteiger partial charge in [-0.05, 0) is 24.6 Å². The second kappa shape index (κ2) is 5.23. The molecule has 0 aliphatic heterocycles. The van der Waals surface area contributed by atoms with Gasteiger partial charge >= 0.3 is 0 Å². The van der Waals surface area contributed by atoms with E-state index < -0.39 is 0 Å². The van der Waals surface area contributed by atoms with Gasteiger partial charge in [-0.15, -0.1) is 0 Å². The smallest absolute Gasteiger partial charge is 0.180 e. The first-order valence-corrected chi connectivity index (χ1v) is 6.25. The van der Waals surface area contributed by atoms with Gasteiger partial charge in [-0.3, -0.25) is 9.78 Å². The van der Waals surface area contributed by atoms with Crippen molar-refractivity contribution in [1.82, 2.24) is 4.98 Å². The Morgan fingerprint density at radius 1 is 1.29 bits per heavy atom. The van der Waals surface area contributed by atoms with E-state index in [9.17, 15) is 4.79 Å². The first kappa shape index (κ1) is 12.0. The van der Waals surface area contributed by atoms with Crippen LogP contribution >= 0.6 is 15.9 Å². The number of rotatable bonds is 3. The Morgan fingerprint density at radius 2 is 2.12 bits per heavy atom. The zero-order valence-electron chi connectivity index (χ0n) is 9.43. The summed E-state index contributed by atoms with van der Waals surface area (Å²) in [5, 5.41) is 0. The van der Waals surface area contributed by atoms with Crippen LogP contribution in [0.3, 0.4) is 0 Å². The molecule has 0 fully saturated rings. The van der Waals surface area contributed by atoms with Gasteiger partial charge in [0.15, 0.2) is 5.78 Å². The number of aromatic nitrogens is 1. The number of benzene rings is 1. The van der Waals surface area contributed by atoms with E-state index in [0.29, 0.717) is 0 Å². The topological polar surface area (TPSA) is 30.0 Å². The SMILES string of the molecule is Cc1cccc(C(=O)C(Br)c2cccnc2)c1. The van der Waals surface area contributed by atoms with Crippen molar-refractivity contribution >= 4 is 21.7 Å². The summed E-state index contributed by atoms with van der Waals surface area (Å²) in [7, 11) is 0. The molecule has 2 aromatic rings. The van der Waals surface area contributed by atoms with Gasteiger partial charge in [0.1, 0.15) is 4.83 Å². The normalized spacial score (nSPS) is 12.1. The molecular formula is C14H12BrNO. The fraction of sp³-hybridized carbons (Fsp3) is 0.143. The first-order valence-electron chi connectivity index (χ1n) is 5.33. The highest BCUT2D eigenvalue weighted by Gasteiger charge is 2.18. The summed E-state index contributed by atoms with van der Waals surface area (Å²) in [4.78, 5) is 15.9. The van der Waals surface area contributed by atoms with E-state index in [1.165, 1.54) is 0 Å². The lowest BCUT2D eigenvalue weighted by Crippen LogP contribution is -2.07. The number of alkyl halides is 1. The Balaban J connectivity index is 2.27. The number of halogens is 1. The van der Waals surface area contributed by atoms with Crippen LogP contribution in [0.15, 0.2) is 48.8 Å². The second-order valence-electron chi connectivity index (χ2n) is 3.88. The van der Waals surface area contributed by atoms with Gasteiger partial charge in [-0.2, -0.15) is 0 Å². The number of hydrogen-bond donors (Lipinski definition) is 0. The summed E-state index contributed by atoms with van der Waals surface area (Å²) in [5.74, 6) is 0.0571. The molecular weight excluding hydrogens is 278 g/mol. The molecule has 0 aliphatic carbocycles. The van der Waals surface area contributed by atoms with Gasteiger partial charge in [-0.1, -0.05) is 45.8 Å². The molecule has 0 N–H and O–H groups in total. The van der Waals surface area contributed by atoms with Crippen molar-refractivity contribution in [3.05, 3.63) is 65.5 Å². The quantitative estimate of drug-likeness (QED) is 0.637. The number of ketones is 1. The molecule has 17 heavy (non-hydrogen) atoms.